The molecule has 0 atom stereocenters. The molecule has 1 rings (SSSR count). The van der Waals surface area contributed by atoms with Crippen LogP contribution in [0.2, 0.25) is 0 Å². The topological polar surface area (TPSA) is 40.1 Å². The van der Waals surface area contributed by atoms with E-state index >= 15 is 0 Å². The molecule has 1 aliphatic carbocycles. The molecule has 0 spiro atoms. The Morgan fingerprint density at radius 1 is 1.27 bits per heavy atom. The molecule has 0 bridgehead atoms. The normalized spacial score (nSPS) is 17.9. The van der Waals surface area contributed by atoms with Gasteiger partial charge >= 0.3 is 0 Å². The smallest absolute Gasteiger partial charge is 0.188 e. The van der Waals surface area contributed by atoms with Gasteiger partial charge in [0.15, 0.2) is 5.78 Å². The van der Waals surface area contributed by atoms with Gasteiger partial charge in [0.2, 0.25) is 0 Å². The summed E-state index contributed by atoms with van der Waals surface area (Å²) < 4.78 is 0. The lowest BCUT2D eigenvalue weighted by Gasteiger charge is -2.37. The Balaban J connectivity index is 3.16. The van der Waals surface area contributed by atoms with Gasteiger partial charge in [-0.15, -0.1) is 5.76 Å². The Labute approximate surface area is 135 Å². The van der Waals surface area contributed by atoms with Crippen LogP contribution in [0.1, 0.15) is 61.3 Å². The van der Waals surface area contributed by atoms with Crippen molar-refractivity contribution in [3.05, 3.63) is 46.3 Å². The zero-order valence-corrected chi connectivity index (χ0v) is 15.1. The number of carbonyl (C=O) groups is 1. The van der Waals surface area contributed by atoms with Gasteiger partial charge in [0.1, 0.15) is 0 Å². The number of carbonyl (C=O) groups excluding carboxylic acids is 1. The van der Waals surface area contributed by atoms with E-state index < -0.39 is 0 Å². The standard InChI is InChI=1S/C20H30O2/c1-12(2)11-13(3)9-10-20(7,8)17-16(6)18(21)14(4)15(5)19(17)22/h9,12,22H,6,10-11H2,1-5,7-8H3/p-1/b13-9+. The second-order valence-corrected chi connectivity index (χ2v) is 7.50. The van der Waals surface area contributed by atoms with Crippen LogP contribution in [0, 0.1) is 11.3 Å². The fourth-order valence-corrected chi connectivity index (χ4v) is 2.98. The molecule has 0 N–H and O–H groups in total. The van der Waals surface area contributed by atoms with Crippen LogP contribution in [-0.4, -0.2) is 5.78 Å². The summed E-state index contributed by atoms with van der Waals surface area (Å²) in [6, 6.07) is 0. The van der Waals surface area contributed by atoms with Crippen LogP contribution in [0.4, 0.5) is 0 Å². The first-order valence-electron chi connectivity index (χ1n) is 7.98. The zero-order valence-electron chi connectivity index (χ0n) is 15.1. The summed E-state index contributed by atoms with van der Waals surface area (Å²) >= 11 is 0. The van der Waals surface area contributed by atoms with E-state index in [4.69, 9.17) is 0 Å². The molecule has 0 saturated carbocycles. The molecule has 0 fully saturated rings. The van der Waals surface area contributed by atoms with E-state index in [-0.39, 0.29) is 17.0 Å². The second-order valence-electron chi connectivity index (χ2n) is 7.50. The maximum atomic E-state index is 12.6. The van der Waals surface area contributed by atoms with Crippen LogP contribution < -0.4 is 5.11 Å². The van der Waals surface area contributed by atoms with Crippen molar-refractivity contribution < 1.29 is 9.90 Å². The lowest BCUT2D eigenvalue weighted by Crippen LogP contribution is -2.29. The lowest BCUT2D eigenvalue weighted by molar-refractivity contribution is -0.300. The minimum atomic E-state index is -0.385. The average Bonchev–Trinajstić information content (AvgIpc) is 2.40. The van der Waals surface area contributed by atoms with Gasteiger partial charge in [0.05, 0.1) is 0 Å². The third-order valence-electron chi connectivity index (χ3n) is 4.41. The highest BCUT2D eigenvalue weighted by molar-refractivity contribution is 6.13. The second kappa shape index (κ2) is 6.68. The summed E-state index contributed by atoms with van der Waals surface area (Å²) in [7, 11) is 0. The van der Waals surface area contributed by atoms with Crippen molar-refractivity contribution in [2.24, 2.45) is 11.3 Å². The Morgan fingerprint density at radius 3 is 2.32 bits per heavy atom. The number of hydrogen-bond donors (Lipinski definition) is 0. The molecule has 0 radical (unpaired) electrons. The van der Waals surface area contributed by atoms with Gasteiger partial charge in [-0.3, -0.25) is 4.79 Å². The van der Waals surface area contributed by atoms with E-state index in [2.05, 4.69) is 33.4 Å². The van der Waals surface area contributed by atoms with Crippen molar-refractivity contribution in [3.8, 4) is 0 Å². The van der Waals surface area contributed by atoms with Gasteiger partial charge in [0, 0.05) is 5.57 Å². The summed E-state index contributed by atoms with van der Waals surface area (Å²) in [5.41, 5.74) is 2.98. The third kappa shape index (κ3) is 3.79. The number of allylic oxidation sites excluding steroid dienone is 6. The maximum absolute atomic E-state index is 12.6. The summed E-state index contributed by atoms with van der Waals surface area (Å²) in [5.74, 6) is 0.498. The molecule has 0 aromatic carbocycles. The number of Topliss-reactive ketones (excluding diaryl/α,β-unsaturated/α-hetero) is 1. The van der Waals surface area contributed by atoms with Crippen LogP contribution in [0.15, 0.2) is 46.3 Å². The fraction of sp³-hybridized carbons (Fsp3) is 0.550. The van der Waals surface area contributed by atoms with Crippen LogP contribution >= 0.6 is 0 Å². The minimum absolute atomic E-state index is 0.0259. The molecule has 0 unspecified atom stereocenters. The molecule has 2 nitrogen and oxygen atoms in total. The highest BCUT2D eigenvalue weighted by atomic mass is 16.3. The molecule has 2 heteroatoms. The molecule has 22 heavy (non-hydrogen) atoms. The summed E-state index contributed by atoms with van der Waals surface area (Å²) in [4.78, 5) is 12.3. The van der Waals surface area contributed by atoms with Crippen molar-refractivity contribution in [2.45, 2.75) is 61.3 Å². The first-order chi connectivity index (χ1) is 9.99. The van der Waals surface area contributed by atoms with E-state index in [9.17, 15) is 9.90 Å². The molecule has 0 heterocycles. The van der Waals surface area contributed by atoms with Crippen LogP contribution in [0.3, 0.4) is 0 Å². The highest BCUT2D eigenvalue weighted by Gasteiger charge is 2.31. The minimum Gasteiger partial charge on any atom is -0.872 e. The molecule has 0 aromatic rings. The molecule has 0 saturated heterocycles. The van der Waals surface area contributed by atoms with E-state index in [1.54, 1.807) is 13.8 Å². The van der Waals surface area contributed by atoms with E-state index in [0.29, 0.717) is 28.2 Å². The van der Waals surface area contributed by atoms with Crippen molar-refractivity contribution in [3.63, 3.8) is 0 Å². The molecule has 1 aliphatic rings. The predicted octanol–water partition coefficient (Wildman–Crippen LogP) is 4.48. The lowest BCUT2D eigenvalue weighted by atomic mass is 9.71. The van der Waals surface area contributed by atoms with Gasteiger partial charge in [-0.2, -0.15) is 0 Å². The van der Waals surface area contributed by atoms with Gasteiger partial charge in [-0.05, 0) is 56.1 Å². The Bertz CT molecular complexity index is 581. The first-order valence-corrected chi connectivity index (χ1v) is 7.98. The van der Waals surface area contributed by atoms with E-state index in [0.717, 1.165) is 12.8 Å². The fourth-order valence-electron chi connectivity index (χ4n) is 2.98. The molecular formula is C20H29O2-. The van der Waals surface area contributed by atoms with Crippen molar-refractivity contribution in [1.29, 1.82) is 0 Å². The molecular weight excluding hydrogens is 272 g/mol. The van der Waals surface area contributed by atoms with Gasteiger partial charge in [-0.1, -0.05) is 51.5 Å². The first kappa shape index (κ1) is 18.5. The number of hydrogen-bond acceptors (Lipinski definition) is 2. The number of ketones is 1. The average molecular weight is 301 g/mol. The van der Waals surface area contributed by atoms with E-state index in [1.165, 1.54) is 5.57 Å². The summed E-state index contributed by atoms with van der Waals surface area (Å²) in [6.45, 7) is 17.9. The van der Waals surface area contributed by atoms with Crippen LogP contribution in [0.25, 0.3) is 0 Å². The van der Waals surface area contributed by atoms with Gasteiger partial charge < -0.3 is 5.11 Å². The van der Waals surface area contributed by atoms with Crippen molar-refractivity contribution >= 4 is 5.78 Å². The molecule has 0 aromatic heterocycles. The van der Waals surface area contributed by atoms with Crippen molar-refractivity contribution in [1.82, 2.24) is 0 Å². The van der Waals surface area contributed by atoms with Gasteiger partial charge in [0.25, 0.3) is 0 Å². The molecule has 0 aliphatic heterocycles. The molecule has 122 valence electrons. The Kier molecular flexibility index (Phi) is 5.61. The predicted molar refractivity (Wildman–Crippen MR) is 91.2 cm³/mol. The zero-order chi connectivity index (χ0) is 17.2. The molecule has 0 amide bonds. The number of rotatable bonds is 5. The quantitative estimate of drug-likeness (QED) is 0.554. The maximum Gasteiger partial charge on any atom is 0.188 e. The van der Waals surface area contributed by atoms with Gasteiger partial charge in [-0.25, -0.2) is 0 Å². The van der Waals surface area contributed by atoms with Crippen LogP contribution in [-0.2, 0) is 4.79 Å². The Morgan fingerprint density at radius 2 is 1.82 bits per heavy atom. The van der Waals surface area contributed by atoms with Crippen LogP contribution in [0.5, 0.6) is 0 Å². The van der Waals surface area contributed by atoms with E-state index in [1.807, 2.05) is 13.8 Å². The summed E-state index contributed by atoms with van der Waals surface area (Å²) in [5, 5.41) is 12.6. The summed E-state index contributed by atoms with van der Waals surface area (Å²) in [6.07, 6.45) is 3.99. The Hall–Kier alpha value is -1.57. The highest BCUT2D eigenvalue weighted by Crippen LogP contribution is 2.42. The monoisotopic (exact) mass is 301 g/mol. The SMILES string of the molecule is C=C1C(=O)C(C)=C(C)C([O-])=C1C(C)(C)C/C=C(\C)CC(C)C. The third-order valence-corrected chi connectivity index (χ3v) is 4.41. The largest absolute Gasteiger partial charge is 0.872 e. The van der Waals surface area contributed by atoms with Crippen molar-refractivity contribution in [2.75, 3.05) is 0 Å².